The van der Waals surface area contributed by atoms with Crippen molar-refractivity contribution in [3.8, 4) is 0 Å². The van der Waals surface area contributed by atoms with Gasteiger partial charge in [0.05, 0.1) is 11.4 Å². The van der Waals surface area contributed by atoms with Crippen LogP contribution in [0.5, 0.6) is 0 Å². The van der Waals surface area contributed by atoms with Gasteiger partial charge in [0.25, 0.3) is 0 Å². The Bertz CT molecular complexity index is 1390. The van der Waals surface area contributed by atoms with Gasteiger partial charge < -0.3 is 5.32 Å². The molecule has 4 aromatic rings. The van der Waals surface area contributed by atoms with Crippen LogP contribution < -0.4 is 0 Å². The molecule has 0 fully saturated rings. The summed E-state index contributed by atoms with van der Waals surface area (Å²) in [6.07, 6.45) is 0. The SMILES string of the molecule is CC(C)c1cccc(C(C)C)c1N=C(C[N-]CC(=Nc1c(C(C)C)cccc1C(C)C)c1ccccc1)c1ccccc1.[Cl][Fe+][Cl]. The van der Waals surface area contributed by atoms with Gasteiger partial charge in [-0.05, 0) is 57.1 Å². The van der Waals surface area contributed by atoms with E-state index in [1.165, 1.54) is 22.3 Å². The van der Waals surface area contributed by atoms with Gasteiger partial charge in [0.1, 0.15) is 0 Å². The van der Waals surface area contributed by atoms with E-state index >= 15 is 0 Å². The molecule has 0 N–H and O–H groups in total. The van der Waals surface area contributed by atoms with E-state index in [1.807, 2.05) is 0 Å². The van der Waals surface area contributed by atoms with E-state index < -0.39 is 0 Å². The summed E-state index contributed by atoms with van der Waals surface area (Å²) < 4.78 is 0. The monoisotopic (exact) mass is 696 g/mol. The van der Waals surface area contributed by atoms with Crippen LogP contribution in [0.2, 0.25) is 0 Å². The molecule has 0 radical (unpaired) electrons. The molecule has 6 heteroatoms. The number of hydrogen-bond donors (Lipinski definition) is 0. The maximum atomic E-state index is 5.38. The molecule has 0 unspecified atom stereocenters. The Balaban J connectivity index is 0.00000185. The van der Waals surface area contributed by atoms with Gasteiger partial charge in [-0.2, -0.15) is 0 Å². The number of aliphatic imine (C=N–C) groups is 2. The van der Waals surface area contributed by atoms with E-state index in [4.69, 9.17) is 35.5 Å². The number of hydrogen-bond acceptors (Lipinski definition) is 2. The van der Waals surface area contributed by atoms with E-state index in [9.17, 15) is 0 Å². The molecule has 0 atom stereocenters. The summed E-state index contributed by atoms with van der Waals surface area (Å²) in [6, 6.07) is 34.2. The van der Waals surface area contributed by atoms with Crippen molar-refractivity contribution in [2.24, 2.45) is 9.98 Å². The Kier molecular flexibility index (Phi) is 15.7. The molecule has 0 aliphatic heterocycles. The molecule has 0 bridgehead atoms. The molecule has 0 aliphatic carbocycles. The summed E-state index contributed by atoms with van der Waals surface area (Å²) in [5.74, 6) is 1.50. The van der Waals surface area contributed by atoms with Crippen molar-refractivity contribution < 1.29 is 13.1 Å². The fourth-order valence-electron chi connectivity index (χ4n) is 5.46. The van der Waals surface area contributed by atoms with Gasteiger partial charge in [-0.1, -0.05) is 152 Å². The quantitative estimate of drug-likeness (QED) is 0.104. The molecule has 0 amide bonds. The number of nitrogens with zero attached hydrogens (tertiary/aromatic N) is 3. The molecule has 0 aliphatic rings. The first kappa shape index (κ1) is 37.7. The van der Waals surface area contributed by atoms with Crippen molar-refractivity contribution in [1.29, 1.82) is 0 Å². The van der Waals surface area contributed by atoms with Crippen molar-refractivity contribution in [3.05, 3.63) is 136 Å². The van der Waals surface area contributed by atoms with Crippen molar-refractivity contribution in [1.82, 2.24) is 0 Å². The Morgan fingerprint density at radius 1 is 0.500 bits per heavy atom. The molecule has 0 saturated carbocycles. The van der Waals surface area contributed by atoms with Crippen LogP contribution in [0.25, 0.3) is 5.32 Å². The predicted octanol–water partition coefficient (Wildman–Crippen LogP) is 12.9. The molecule has 0 aromatic heterocycles. The van der Waals surface area contributed by atoms with Crippen LogP contribution in [0.4, 0.5) is 11.4 Å². The van der Waals surface area contributed by atoms with Crippen LogP contribution >= 0.6 is 20.2 Å². The first-order valence-corrected chi connectivity index (χ1v) is 19.1. The predicted molar refractivity (Wildman–Crippen MR) is 199 cm³/mol. The van der Waals surface area contributed by atoms with Crippen LogP contribution in [0, 0.1) is 0 Å². The number of rotatable bonds is 12. The van der Waals surface area contributed by atoms with Gasteiger partial charge in [0.2, 0.25) is 0 Å². The Morgan fingerprint density at radius 3 is 1.04 bits per heavy atom. The first-order chi connectivity index (χ1) is 22.1. The van der Waals surface area contributed by atoms with Gasteiger partial charge in [-0.15, -0.1) is 13.1 Å². The number of halogens is 2. The molecule has 0 saturated heterocycles. The van der Waals surface area contributed by atoms with Crippen LogP contribution in [0.3, 0.4) is 0 Å². The number of para-hydroxylation sites is 2. The van der Waals surface area contributed by atoms with Crippen molar-refractivity contribution in [3.63, 3.8) is 0 Å². The Hall–Kier alpha value is -2.72. The topological polar surface area (TPSA) is 38.8 Å². The molecule has 0 heterocycles. The van der Waals surface area contributed by atoms with Gasteiger partial charge in [-0.25, -0.2) is 0 Å². The average Bonchev–Trinajstić information content (AvgIpc) is 3.04. The zero-order valence-electron chi connectivity index (χ0n) is 28.4. The third-order valence-electron chi connectivity index (χ3n) is 7.92. The van der Waals surface area contributed by atoms with Crippen molar-refractivity contribution in [2.75, 3.05) is 13.1 Å². The second-order valence-corrected chi connectivity index (χ2v) is 14.5. The standard InChI is InChI=1S/C40H48N3.2ClH.Fe/c1-27(2)33-21-15-22-34(28(3)4)39(33)42-37(31-17-11-9-12-18-31)25-41-26-38(32-19-13-10-14-20-32)43-40-35(29(5)6)23-16-24-36(40)30(7)8;;;/h9-24,27-30H,25-26H2,1-8H3;2*1H;/q-1;;;+3/p-2. The summed E-state index contributed by atoms with van der Waals surface area (Å²) in [6.45, 7) is 19.0. The second kappa shape index (κ2) is 19.2. The van der Waals surface area contributed by atoms with Crippen LogP contribution in [-0.4, -0.2) is 24.5 Å². The van der Waals surface area contributed by atoms with E-state index in [2.05, 4.69) is 152 Å². The van der Waals surface area contributed by atoms with Crippen LogP contribution in [0.1, 0.15) is 112 Å². The summed E-state index contributed by atoms with van der Waals surface area (Å²) in [5, 5.41) is 5.15. The van der Waals surface area contributed by atoms with Crippen LogP contribution in [-0.2, 0) is 13.1 Å². The van der Waals surface area contributed by atoms with Crippen molar-refractivity contribution in [2.45, 2.75) is 79.1 Å². The zero-order valence-corrected chi connectivity index (χ0v) is 31.0. The first-order valence-electron chi connectivity index (χ1n) is 16.1. The zero-order chi connectivity index (χ0) is 33.6. The molecule has 245 valence electrons. The van der Waals surface area contributed by atoms with Gasteiger partial charge >= 0.3 is 33.3 Å². The summed E-state index contributed by atoms with van der Waals surface area (Å²) >= 11 is 0.194. The van der Waals surface area contributed by atoms with E-state index in [0.29, 0.717) is 36.8 Å². The maximum absolute atomic E-state index is 5.38. The van der Waals surface area contributed by atoms with E-state index in [0.717, 1.165) is 33.9 Å². The van der Waals surface area contributed by atoms with Crippen LogP contribution in [0.15, 0.2) is 107 Å². The summed E-state index contributed by atoms with van der Waals surface area (Å²) in [5.41, 5.74) is 11.4. The molecule has 4 rings (SSSR count). The molecular formula is C40H48Cl2FeN3. The fraction of sp³-hybridized carbons (Fsp3) is 0.350. The van der Waals surface area contributed by atoms with E-state index in [1.54, 1.807) is 0 Å². The molecular weight excluding hydrogens is 649 g/mol. The van der Waals surface area contributed by atoms with Crippen molar-refractivity contribution >= 4 is 43.0 Å². The third kappa shape index (κ3) is 10.7. The second-order valence-electron chi connectivity index (χ2n) is 12.6. The molecule has 0 spiro atoms. The van der Waals surface area contributed by atoms with Gasteiger partial charge in [0, 0.05) is 11.4 Å². The minimum atomic E-state index is 0.194. The average molecular weight is 698 g/mol. The third-order valence-corrected chi connectivity index (χ3v) is 7.92. The Labute approximate surface area is 292 Å². The molecule has 46 heavy (non-hydrogen) atoms. The van der Waals surface area contributed by atoms with Gasteiger partial charge in [-0.3, -0.25) is 9.98 Å². The Morgan fingerprint density at radius 2 is 0.783 bits per heavy atom. The van der Waals surface area contributed by atoms with Gasteiger partial charge in [0.15, 0.2) is 0 Å². The molecule has 3 nitrogen and oxygen atoms in total. The fourth-order valence-corrected chi connectivity index (χ4v) is 5.46. The normalized spacial score (nSPS) is 12.2. The summed E-state index contributed by atoms with van der Waals surface area (Å²) in [7, 11) is 9.53. The summed E-state index contributed by atoms with van der Waals surface area (Å²) in [4.78, 5) is 10.8. The minimum absolute atomic E-state index is 0.194. The number of benzene rings is 4. The molecule has 4 aromatic carbocycles. The van der Waals surface area contributed by atoms with E-state index in [-0.39, 0.29) is 13.1 Å².